The van der Waals surface area contributed by atoms with Crippen LogP contribution in [0.3, 0.4) is 0 Å². The summed E-state index contributed by atoms with van der Waals surface area (Å²) in [5.41, 5.74) is 2.55. The van der Waals surface area contributed by atoms with Gasteiger partial charge in [0.05, 0.1) is 0 Å². The van der Waals surface area contributed by atoms with Crippen molar-refractivity contribution in [2.45, 2.75) is 6.54 Å². The first-order valence-electron chi connectivity index (χ1n) is 7.05. The first-order chi connectivity index (χ1) is 11.8. The largest absolute Gasteiger partial charge is 0.292 e. The van der Waals surface area contributed by atoms with Gasteiger partial charge < -0.3 is 0 Å². The molecule has 4 rings (SSSR count). The van der Waals surface area contributed by atoms with E-state index in [2.05, 4.69) is 35.9 Å². The number of fused-ring (bicyclic) bond motifs is 1. The first-order valence-corrected chi connectivity index (χ1v) is 7.05. The van der Waals surface area contributed by atoms with E-state index in [9.17, 15) is 4.79 Å². The highest BCUT2D eigenvalue weighted by atomic mass is 16.2. The summed E-state index contributed by atoms with van der Waals surface area (Å²) in [6.07, 6.45) is 6.68. The monoisotopic (exact) mass is 321 g/mol. The van der Waals surface area contributed by atoms with Gasteiger partial charge in [0.25, 0.3) is 0 Å². The number of tetrazole rings is 1. The molecule has 4 heterocycles. The Morgan fingerprint density at radius 1 is 1.21 bits per heavy atom. The zero-order chi connectivity index (χ0) is 16.4. The van der Waals surface area contributed by atoms with Crippen molar-refractivity contribution in [2.24, 2.45) is 0 Å². The van der Waals surface area contributed by atoms with E-state index < -0.39 is 0 Å². The Kier molecular flexibility index (Phi) is 3.39. The number of aromatic nitrogens is 8. The Labute approximate surface area is 135 Å². The van der Waals surface area contributed by atoms with Crippen molar-refractivity contribution >= 4 is 17.5 Å². The maximum Gasteiger partial charge on any atom is 0.249 e. The summed E-state index contributed by atoms with van der Waals surface area (Å²) in [7, 11) is 0. The van der Waals surface area contributed by atoms with Crippen LogP contribution in [0.15, 0.2) is 49.2 Å². The molecule has 118 valence electrons. The van der Waals surface area contributed by atoms with Crippen LogP contribution in [0.5, 0.6) is 0 Å². The molecule has 0 fully saturated rings. The average molecular weight is 321 g/mol. The van der Waals surface area contributed by atoms with Crippen LogP contribution in [-0.2, 0) is 11.3 Å². The fourth-order valence-electron chi connectivity index (χ4n) is 2.20. The van der Waals surface area contributed by atoms with Crippen molar-refractivity contribution in [3.8, 4) is 11.1 Å². The summed E-state index contributed by atoms with van der Waals surface area (Å²) in [4.78, 5) is 20.3. The third kappa shape index (κ3) is 2.79. The van der Waals surface area contributed by atoms with Crippen LogP contribution in [0, 0.1) is 0 Å². The van der Waals surface area contributed by atoms with Crippen LogP contribution in [-0.4, -0.2) is 45.7 Å². The Bertz CT molecular complexity index is 978. The molecule has 0 radical (unpaired) electrons. The van der Waals surface area contributed by atoms with Gasteiger partial charge in [0, 0.05) is 29.7 Å². The average Bonchev–Trinajstić information content (AvgIpc) is 3.23. The minimum Gasteiger partial charge on any atom is -0.292 e. The molecule has 0 aliphatic carbocycles. The molecule has 24 heavy (non-hydrogen) atoms. The molecule has 10 heteroatoms. The molecule has 1 amide bonds. The molecule has 4 aromatic rings. The van der Waals surface area contributed by atoms with Gasteiger partial charge in [-0.15, -0.1) is 10.2 Å². The summed E-state index contributed by atoms with van der Waals surface area (Å²) < 4.78 is 2.92. The zero-order valence-electron chi connectivity index (χ0n) is 12.3. The number of rotatable bonds is 4. The number of carbonyl (C=O) groups excluding carboxylic acids is 1. The van der Waals surface area contributed by atoms with Gasteiger partial charge in [-0.1, -0.05) is 6.07 Å². The van der Waals surface area contributed by atoms with E-state index in [1.807, 2.05) is 30.5 Å². The van der Waals surface area contributed by atoms with E-state index in [0.29, 0.717) is 5.65 Å². The molecule has 0 saturated carbocycles. The van der Waals surface area contributed by atoms with Crippen molar-refractivity contribution in [2.75, 3.05) is 5.32 Å². The van der Waals surface area contributed by atoms with Crippen LogP contribution in [0.25, 0.3) is 16.8 Å². The van der Waals surface area contributed by atoms with Crippen LogP contribution in [0.1, 0.15) is 0 Å². The number of nitrogens with zero attached hydrogens (tertiary/aromatic N) is 8. The van der Waals surface area contributed by atoms with Crippen LogP contribution >= 0.6 is 0 Å². The Balaban J connectivity index is 1.56. The molecular weight excluding hydrogens is 310 g/mol. The van der Waals surface area contributed by atoms with E-state index in [-0.39, 0.29) is 18.4 Å². The third-order valence-electron chi connectivity index (χ3n) is 3.27. The lowest BCUT2D eigenvalue weighted by molar-refractivity contribution is -0.117. The number of carbonyl (C=O) groups is 1. The molecule has 10 nitrogen and oxygen atoms in total. The van der Waals surface area contributed by atoms with Crippen molar-refractivity contribution in [1.82, 2.24) is 39.8 Å². The van der Waals surface area contributed by atoms with Crippen LogP contribution < -0.4 is 5.32 Å². The predicted octanol–water partition coefficient (Wildman–Crippen LogP) is 0.416. The SMILES string of the molecule is O=C(Cn1cnnn1)Nc1nc2ccc(-c3cccnc3)cn2n1. The fourth-order valence-corrected chi connectivity index (χ4v) is 2.20. The number of pyridine rings is 2. The lowest BCUT2D eigenvalue weighted by atomic mass is 10.1. The Hall–Kier alpha value is -3.69. The van der Waals surface area contributed by atoms with E-state index in [1.54, 1.807) is 16.9 Å². The second-order valence-corrected chi connectivity index (χ2v) is 4.95. The van der Waals surface area contributed by atoms with Crippen molar-refractivity contribution < 1.29 is 4.79 Å². The minimum absolute atomic E-state index is 0.0104. The topological polar surface area (TPSA) is 116 Å². The van der Waals surface area contributed by atoms with Gasteiger partial charge in [0.2, 0.25) is 11.9 Å². The van der Waals surface area contributed by atoms with E-state index in [4.69, 9.17) is 0 Å². The number of hydrogen-bond donors (Lipinski definition) is 1. The maximum atomic E-state index is 11.9. The van der Waals surface area contributed by atoms with Gasteiger partial charge in [-0.05, 0) is 28.6 Å². The zero-order valence-corrected chi connectivity index (χ0v) is 12.3. The van der Waals surface area contributed by atoms with E-state index in [0.717, 1.165) is 11.1 Å². The highest BCUT2D eigenvalue weighted by Gasteiger charge is 2.10. The number of hydrogen-bond acceptors (Lipinski definition) is 7. The van der Waals surface area contributed by atoms with Gasteiger partial charge in [-0.25, -0.2) is 9.20 Å². The molecule has 0 saturated heterocycles. The van der Waals surface area contributed by atoms with Crippen LogP contribution in [0.4, 0.5) is 5.95 Å². The smallest absolute Gasteiger partial charge is 0.249 e. The normalized spacial score (nSPS) is 10.8. The lowest BCUT2D eigenvalue weighted by Gasteiger charge is -2.00. The number of nitrogens with one attached hydrogen (secondary N) is 1. The van der Waals surface area contributed by atoms with Gasteiger partial charge in [-0.3, -0.25) is 15.1 Å². The summed E-state index contributed by atoms with van der Waals surface area (Å²) in [6, 6.07) is 7.57. The standard InChI is InChI=1S/C14H11N9O/c24-13(8-22-9-16-20-21-22)18-14-17-12-4-3-11(7-23(12)19-14)10-2-1-5-15-6-10/h1-7,9H,8H2,(H,18,19,24). The molecule has 0 aliphatic rings. The van der Waals surface area contributed by atoms with Crippen molar-refractivity contribution in [3.63, 3.8) is 0 Å². The third-order valence-corrected chi connectivity index (χ3v) is 3.27. The van der Waals surface area contributed by atoms with Gasteiger partial charge in [0.1, 0.15) is 12.9 Å². The molecule has 0 unspecified atom stereocenters. The fraction of sp³-hybridized carbons (Fsp3) is 0.0714. The summed E-state index contributed by atoms with van der Waals surface area (Å²) in [6.45, 7) is -0.0104. The second-order valence-electron chi connectivity index (χ2n) is 4.95. The summed E-state index contributed by atoms with van der Waals surface area (Å²) in [5, 5.41) is 17.4. The maximum absolute atomic E-state index is 11.9. The quantitative estimate of drug-likeness (QED) is 0.579. The molecule has 0 aromatic carbocycles. The lowest BCUT2D eigenvalue weighted by Crippen LogP contribution is -2.19. The molecule has 0 bridgehead atoms. The summed E-state index contributed by atoms with van der Waals surface area (Å²) in [5.74, 6) is -0.0953. The van der Waals surface area contributed by atoms with Gasteiger partial charge >= 0.3 is 0 Å². The highest BCUT2D eigenvalue weighted by Crippen LogP contribution is 2.18. The predicted molar refractivity (Wildman–Crippen MR) is 82.7 cm³/mol. The van der Waals surface area contributed by atoms with E-state index >= 15 is 0 Å². The van der Waals surface area contributed by atoms with Crippen LogP contribution in [0.2, 0.25) is 0 Å². The molecule has 1 N–H and O–H groups in total. The molecule has 0 spiro atoms. The second kappa shape index (κ2) is 5.83. The Morgan fingerprint density at radius 2 is 2.17 bits per heavy atom. The number of anilines is 1. The molecule has 0 aliphatic heterocycles. The first kappa shape index (κ1) is 13.9. The highest BCUT2D eigenvalue weighted by molar-refractivity contribution is 5.88. The van der Waals surface area contributed by atoms with Gasteiger partial charge in [-0.2, -0.15) is 4.98 Å². The molecular formula is C14H11N9O. The van der Waals surface area contributed by atoms with Crippen molar-refractivity contribution in [1.29, 1.82) is 0 Å². The van der Waals surface area contributed by atoms with E-state index in [1.165, 1.54) is 11.0 Å². The summed E-state index contributed by atoms with van der Waals surface area (Å²) >= 11 is 0. The molecule has 4 aromatic heterocycles. The van der Waals surface area contributed by atoms with Crippen molar-refractivity contribution in [3.05, 3.63) is 49.2 Å². The molecule has 0 atom stereocenters. The minimum atomic E-state index is -0.314. The van der Waals surface area contributed by atoms with Gasteiger partial charge in [0.15, 0.2) is 5.65 Å². The number of amides is 1. The Morgan fingerprint density at radius 3 is 2.96 bits per heavy atom.